The highest BCUT2D eigenvalue weighted by Gasteiger charge is 1.94. The van der Waals surface area contributed by atoms with Gasteiger partial charge < -0.3 is 10.1 Å². The van der Waals surface area contributed by atoms with Gasteiger partial charge in [-0.3, -0.25) is 0 Å². The van der Waals surface area contributed by atoms with Gasteiger partial charge in [-0.15, -0.1) is 0 Å². The van der Waals surface area contributed by atoms with Crippen molar-refractivity contribution in [3.63, 3.8) is 0 Å². The Morgan fingerprint density at radius 2 is 1.84 bits per heavy atom. The summed E-state index contributed by atoms with van der Waals surface area (Å²) in [6.07, 6.45) is 7.86. The smallest absolute Gasteiger partial charge is 0.0639 e. The molecule has 0 aromatic heterocycles. The van der Waals surface area contributed by atoms with Crippen molar-refractivity contribution >= 4 is 17.3 Å². The maximum Gasteiger partial charge on any atom is 0.0639 e. The number of halogens is 1. The lowest BCUT2D eigenvalue weighted by Crippen LogP contribution is -2.09. The van der Waals surface area contributed by atoms with Crippen LogP contribution < -0.4 is 5.32 Å². The quantitative estimate of drug-likeness (QED) is 0.569. The molecule has 1 aromatic carbocycles. The van der Waals surface area contributed by atoms with Crippen LogP contribution in [0, 0.1) is 0 Å². The fraction of sp³-hybridized carbons (Fsp3) is 0.625. The molecule has 0 aliphatic rings. The highest BCUT2D eigenvalue weighted by Crippen LogP contribution is 2.14. The van der Waals surface area contributed by atoms with E-state index in [1.807, 2.05) is 24.3 Å². The van der Waals surface area contributed by atoms with E-state index in [1.54, 1.807) is 0 Å². The first-order chi connectivity index (χ1) is 9.33. The maximum absolute atomic E-state index is 5.91. The van der Waals surface area contributed by atoms with Crippen molar-refractivity contribution in [2.24, 2.45) is 0 Å². The van der Waals surface area contributed by atoms with Gasteiger partial charge in [0.1, 0.15) is 0 Å². The number of nitrogens with one attached hydrogen (secondary N) is 1. The van der Waals surface area contributed by atoms with Crippen LogP contribution in [0.2, 0.25) is 5.02 Å². The Morgan fingerprint density at radius 1 is 1.05 bits per heavy atom. The van der Waals surface area contributed by atoms with Crippen LogP contribution in [0.15, 0.2) is 24.3 Å². The molecule has 1 rings (SSSR count). The summed E-state index contributed by atoms with van der Waals surface area (Å²) in [4.78, 5) is 0. The summed E-state index contributed by atoms with van der Waals surface area (Å²) in [5, 5.41) is 4.06. The summed E-state index contributed by atoms with van der Waals surface area (Å²) in [7, 11) is 0. The average molecular weight is 284 g/mol. The van der Waals surface area contributed by atoms with Crippen LogP contribution in [0.25, 0.3) is 0 Å². The Balaban J connectivity index is 1.89. The van der Waals surface area contributed by atoms with Crippen molar-refractivity contribution in [1.82, 2.24) is 0 Å². The second-order valence-electron chi connectivity index (χ2n) is 4.82. The van der Waals surface area contributed by atoms with Gasteiger partial charge in [-0.05, 0) is 24.6 Å². The van der Waals surface area contributed by atoms with E-state index in [0.717, 1.165) is 30.5 Å². The molecule has 0 amide bonds. The minimum Gasteiger partial charge on any atom is -0.383 e. The molecule has 19 heavy (non-hydrogen) atoms. The lowest BCUT2D eigenvalue weighted by Gasteiger charge is -2.07. The van der Waals surface area contributed by atoms with Crippen molar-refractivity contribution in [1.29, 1.82) is 0 Å². The number of ether oxygens (including phenoxy) is 1. The van der Waals surface area contributed by atoms with Crippen LogP contribution in [-0.2, 0) is 4.74 Å². The van der Waals surface area contributed by atoms with Crippen LogP contribution >= 0.6 is 11.6 Å². The summed E-state index contributed by atoms with van der Waals surface area (Å²) in [5.41, 5.74) is 1.05. The molecule has 2 nitrogen and oxygen atoms in total. The van der Waals surface area contributed by atoms with E-state index in [2.05, 4.69) is 12.2 Å². The molecule has 3 heteroatoms. The topological polar surface area (TPSA) is 21.3 Å². The predicted molar refractivity (Wildman–Crippen MR) is 84.1 cm³/mol. The van der Waals surface area contributed by atoms with E-state index >= 15 is 0 Å². The molecule has 1 aromatic rings. The van der Waals surface area contributed by atoms with E-state index < -0.39 is 0 Å². The molecule has 0 heterocycles. The Hall–Kier alpha value is -0.730. The van der Waals surface area contributed by atoms with E-state index in [0.29, 0.717) is 0 Å². The van der Waals surface area contributed by atoms with Crippen LogP contribution in [-0.4, -0.2) is 19.8 Å². The van der Waals surface area contributed by atoms with Crippen LogP contribution in [0.3, 0.4) is 0 Å². The molecule has 0 saturated heterocycles. The third-order valence-electron chi connectivity index (χ3n) is 3.04. The number of hydrogen-bond donors (Lipinski definition) is 1. The van der Waals surface area contributed by atoms with Crippen LogP contribution in [0.1, 0.15) is 45.4 Å². The average Bonchev–Trinajstić information content (AvgIpc) is 2.41. The van der Waals surface area contributed by atoms with Gasteiger partial charge in [-0.25, -0.2) is 0 Å². The third kappa shape index (κ3) is 8.90. The zero-order valence-corrected chi connectivity index (χ0v) is 12.7. The fourth-order valence-electron chi connectivity index (χ4n) is 1.95. The zero-order valence-electron chi connectivity index (χ0n) is 12.0. The molecule has 0 saturated carbocycles. The van der Waals surface area contributed by atoms with Gasteiger partial charge in [-0.2, -0.15) is 0 Å². The monoisotopic (exact) mass is 283 g/mol. The highest BCUT2D eigenvalue weighted by atomic mass is 35.5. The summed E-state index contributed by atoms with van der Waals surface area (Å²) >= 11 is 5.91. The minimum absolute atomic E-state index is 0.751. The molecular formula is C16H26ClNO. The normalized spacial score (nSPS) is 10.6. The molecule has 0 aliphatic heterocycles. The van der Waals surface area contributed by atoms with Crippen molar-refractivity contribution in [3.8, 4) is 0 Å². The molecule has 108 valence electrons. The molecule has 0 bridgehead atoms. The molecule has 0 aliphatic carbocycles. The summed E-state index contributed by atoms with van der Waals surface area (Å²) < 4.78 is 5.60. The summed E-state index contributed by atoms with van der Waals surface area (Å²) in [5.74, 6) is 0. The first-order valence-corrected chi connectivity index (χ1v) is 7.78. The largest absolute Gasteiger partial charge is 0.383 e. The first kappa shape index (κ1) is 16.3. The fourth-order valence-corrected chi connectivity index (χ4v) is 2.14. The molecule has 0 spiro atoms. The van der Waals surface area contributed by atoms with Gasteiger partial charge in [0.15, 0.2) is 0 Å². The molecular weight excluding hydrogens is 258 g/mol. The number of hydrogen-bond acceptors (Lipinski definition) is 2. The van der Waals surface area contributed by atoms with Gasteiger partial charge >= 0.3 is 0 Å². The number of anilines is 1. The zero-order chi connectivity index (χ0) is 13.8. The molecule has 0 fully saturated rings. The maximum atomic E-state index is 5.91. The van der Waals surface area contributed by atoms with E-state index in [1.165, 1.54) is 38.5 Å². The van der Waals surface area contributed by atoms with E-state index in [9.17, 15) is 0 Å². The van der Waals surface area contributed by atoms with Crippen molar-refractivity contribution in [2.45, 2.75) is 45.4 Å². The Kier molecular flexibility index (Phi) is 9.56. The molecule has 1 N–H and O–H groups in total. The molecule has 0 atom stereocenters. The lowest BCUT2D eigenvalue weighted by molar-refractivity contribution is 0.139. The van der Waals surface area contributed by atoms with Crippen LogP contribution in [0.4, 0.5) is 5.69 Å². The number of rotatable bonds is 11. The standard InChI is InChI=1S/C16H26ClNO/c1-2-3-4-5-6-7-12-19-13-11-18-16-10-8-9-15(17)14-16/h8-10,14,18H,2-7,11-13H2,1H3. The van der Waals surface area contributed by atoms with Gasteiger partial charge in [0, 0.05) is 23.9 Å². The van der Waals surface area contributed by atoms with Gasteiger partial charge in [0.05, 0.1) is 6.61 Å². The second kappa shape index (κ2) is 11.1. The Morgan fingerprint density at radius 3 is 2.63 bits per heavy atom. The molecule has 0 radical (unpaired) electrons. The van der Waals surface area contributed by atoms with Crippen LogP contribution in [0.5, 0.6) is 0 Å². The lowest BCUT2D eigenvalue weighted by atomic mass is 10.1. The van der Waals surface area contributed by atoms with E-state index in [4.69, 9.17) is 16.3 Å². The predicted octanol–water partition coefficient (Wildman–Crippen LogP) is 5.13. The SMILES string of the molecule is CCCCCCCCOCCNc1cccc(Cl)c1. The van der Waals surface area contributed by atoms with E-state index in [-0.39, 0.29) is 0 Å². The summed E-state index contributed by atoms with van der Waals surface area (Å²) in [6, 6.07) is 7.76. The van der Waals surface area contributed by atoms with Gasteiger partial charge in [0.2, 0.25) is 0 Å². The Bertz CT molecular complexity index is 330. The highest BCUT2D eigenvalue weighted by molar-refractivity contribution is 6.30. The first-order valence-electron chi connectivity index (χ1n) is 7.40. The van der Waals surface area contributed by atoms with Crippen molar-refractivity contribution in [2.75, 3.05) is 25.1 Å². The Labute approximate surface area is 122 Å². The summed E-state index contributed by atoms with van der Waals surface area (Å²) in [6.45, 7) is 4.71. The van der Waals surface area contributed by atoms with Crippen molar-refractivity contribution in [3.05, 3.63) is 29.3 Å². The number of unbranched alkanes of at least 4 members (excludes halogenated alkanes) is 5. The van der Waals surface area contributed by atoms with Gasteiger partial charge in [0.25, 0.3) is 0 Å². The molecule has 0 unspecified atom stereocenters. The minimum atomic E-state index is 0.751. The third-order valence-corrected chi connectivity index (χ3v) is 3.28. The van der Waals surface area contributed by atoms with Gasteiger partial charge in [-0.1, -0.05) is 56.7 Å². The number of benzene rings is 1. The second-order valence-corrected chi connectivity index (χ2v) is 5.25. The van der Waals surface area contributed by atoms with Crippen molar-refractivity contribution < 1.29 is 4.74 Å².